The zero-order chi connectivity index (χ0) is 12.4. The quantitative estimate of drug-likeness (QED) is 0.568. The number of nitrogens with zero attached hydrogens (tertiary/aromatic N) is 3. The highest BCUT2D eigenvalue weighted by atomic mass is 16.5. The van der Waals surface area contributed by atoms with E-state index in [1.165, 1.54) is 0 Å². The summed E-state index contributed by atoms with van der Waals surface area (Å²) >= 11 is 0. The molecule has 0 amide bonds. The Morgan fingerprint density at radius 1 is 1.59 bits per heavy atom. The number of nitrogens with two attached hydrogens (primary N) is 1. The van der Waals surface area contributed by atoms with Gasteiger partial charge in [-0.2, -0.15) is 0 Å². The number of aryl methyl sites for hydroxylation is 1. The third-order valence-electron chi connectivity index (χ3n) is 2.64. The number of amidine groups is 1. The van der Waals surface area contributed by atoms with Crippen LogP contribution in [0.2, 0.25) is 0 Å². The van der Waals surface area contributed by atoms with Crippen LogP contribution in [0.15, 0.2) is 6.07 Å². The van der Waals surface area contributed by atoms with E-state index in [0.29, 0.717) is 18.2 Å². The lowest BCUT2D eigenvalue weighted by molar-refractivity contribution is 0.0526. The number of anilines is 1. The van der Waals surface area contributed by atoms with E-state index in [1.807, 2.05) is 13.8 Å². The zero-order valence-electron chi connectivity index (χ0n) is 10.1. The maximum atomic E-state index is 7.43. The molecule has 1 fully saturated rings. The SMILES string of the molecule is Cc1cc(C(=N)N)nc(N2CCOC(C)C2)n1. The van der Waals surface area contributed by atoms with Crippen LogP contribution in [0.1, 0.15) is 18.3 Å². The summed E-state index contributed by atoms with van der Waals surface area (Å²) in [4.78, 5) is 10.7. The molecule has 2 heterocycles. The van der Waals surface area contributed by atoms with E-state index in [1.54, 1.807) is 6.07 Å². The number of rotatable bonds is 2. The number of morpholine rings is 1. The summed E-state index contributed by atoms with van der Waals surface area (Å²) in [6.07, 6.45) is 0.175. The number of hydrogen-bond donors (Lipinski definition) is 2. The summed E-state index contributed by atoms with van der Waals surface area (Å²) in [7, 11) is 0. The molecule has 1 aromatic rings. The van der Waals surface area contributed by atoms with E-state index in [-0.39, 0.29) is 11.9 Å². The van der Waals surface area contributed by atoms with Crippen LogP contribution in [0.4, 0.5) is 5.95 Å². The van der Waals surface area contributed by atoms with Gasteiger partial charge in [-0.05, 0) is 19.9 Å². The van der Waals surface area contributed by atoms with Crippen LogP contribution in [-0.4, -0.2) is 41.6 Å². The molecule has 3 N–H and O–H groups in total. The van der Waals surface area contributed by atoms with Crippen molar-refractivity contribution in [1.29, 1.82) is 5.41 Å². The van der Waals surface area contributed by atoms with Crippen molar-refractivity contribution in [2.75, 3.05) is 24.6 Å². The third kappa shape index (κ3) is 2.71. The smallest absolute Gasteiger partial charge is 0.226 e. The first kappa shape index (κ1) is 11.8. The Hall–Kier alpha value is -1.69. The Balaban J connectivity index is 2.28. The first-order chi connectivity index (χ1) is 8.06. The fourth-order valence-corrected chi connectivity index (χ4v) is 1.83. The van der Waals surface area contributed by atoms with Gasteiger partial charge in [-0.25, -0.2) is 9.97 Å². The molecule has 1 unspecified atom stereocenters. The Morgan fingerprint density at radius 2 is 2.35 bits per heavy atom. The minimum Gasteiger partial charge on any atom is -0.382 e. The molecule has 0 aliphatic carbocycles. The van der Waals surface area contributed by atoms with Gasteiger partial charge in [0, 0.05) is 18.8 Å². The second-order valence-corrected chi connectivity index (χ2v) is 4.24. The van der Waals surface area contributed by atoms with Crippen LogP contribution in [0.5, 0.6) is 0 Å². The summed E-state index contributed by atoms with van der Waals surface area (Å²) in [5.74, 6) is 0.600. The molecule has 2 rings (SSSR count). The average Bonchev–Trinajstić information content (AvgIpc) is 2.28. The molecule has 1 aliphatic rings. The summed E-state index contributed by atoms with van der Waals surface area (Å²) < 4.78 is 5.47. The monoisotopic (exact) mass is 235 g/mol. The van der Waals surface area contributed by atoms with Crippen molar-refractivity contribution in [2.45, 2.75) is 20.0 Å². The summed E-state index contributed by atoms with van der Waals surface area (Å²) in [5.41, 5.74) is 6.76. The average molecular weight is 235 g/mol. The molecular weight excluding hydrogens is 218 g/mol. The van der Waals surface area contributed by atoms with Crippen molar-refractivity contribution >= 4 is 11.8 Å². The molecule has 0 saturated carbocycles. The predicted molar refractivity (Wildman–Crippen MR) is 65.4 cm³/mol. The lowest BCUT2D eigenvalue weighted by Gasteiger charge is -2.31. The van der Waals surface area contributed by atoms with Crippen LogP contribution in [0.3, 0.4) is 0 Å². The Morgan fingerprint density at radius 3 is 3.00 bits per heavy atom. The first-order valence-electron chi connectivity index (χ1n) is 5.63. The van der Waals surface area contributed by atoms with E-state index in [4.69, 9.17) is 15.9 Å². The second-order valence-electron chi connectivity index (χ2n) is 4.24. The van der Waals surface area contributed by atoms with Gasteiger partial charge in [0.2, 0.25) is 5.95 Å². The van der Waals surface area contributed by atoms with E-state index >= 15 is 0 Å². The van der Waals surface area contributed by atoms with Gasteiger partial charge >= 0.3 is 0 Å². The van der Waals surface area contributed by atoms with Crippen molar-refractivity contribution in [3.8, 4) is 0 Å². The maximum absolute atomic E-state index is 7.43. The molecule has 1 saturated heterocycles. The van der Waals surface area contributed by atoms with Crippen LogP contribution >= 0.6 is 0 Å². The standard InChI is InChI=1S/C11H17N5O/c1-7-5-9(10(12)13)15-11(14-7)16-3-4-17-8(2)6-16/h5,8H,3-4,6H2,1-2H3,(H3,12,13). The van der Waals surface area contributed by atoms with Crippen molar-refractivity contribution in [1.82, 2.24) is 9.97 Å². The molecule has 6 heteroatoms. The van der Waals surface area contributed by atoms with E-state index < -0.39 is 0 Å². The molecule has 1 aromatic heterocycles. The van der Waals surface area contributed by atoms with E-state index in [9.17, 15) is 0 Å². The molecule has 0 bridgehead atoms. The second kappa shape index (κ2) is 4.67. The van der Waals surface area contributed by atoms with Gasteiger partial charge in [0.15, 0.2) is 0 Å². The number of ether oxygens (including phenoxy) is 1. The Bertz CT molecular complexity index is 434. The molecule has 17 heavy (non-hydrogen) atoms. The number of nitrogen functional groups attached to an aromatic ring is 1. The van der Waals surface area contributed by atoms with Gasteiger partial charge in [0.05, 0.1) is 12.7 Å². The summed E-state index contributed by atoms with van der Waals surface area (Å²) in [5, 5.41) is 7.43. The highest BCUT2D eigenvalue weighted by Crippen LogP contribution is 2.14. The van der Waals surface area contributed by atoms with Gasteiger partial charge in [-0.3, -0.25) is 5.41 Å². The highest BCUT2D eigenvalue weighted by Gasteiger charge is 2.19. The van der Waals surface area contributed by atoms with Crippen molar-refractivity contribution in [3.05, 3.63) is 17.5 Å². The topological polar surface area (TPSA) is 88.1 Å². The lowest BCUT2D eigenvalue weighted by atomic mass is 10.3. The molecule has 1 aliphatic heterocycles. The fourth-order valence-electron chi connectivity index (χ4n) is 1.83. The van der Waals surface area contributed by atoms with Crippen LogP contribution in [0.25, 0.3) is 0 Å². The van der Waals surface area contributed by atoms with E-state index in [2.05, 4.69) is 14.9 Å². The molecular formula is C11H17N5O. The fraction of sp³-hybridized carbons (Fsp3) is 0.545. The minimum atomic E-state index is -0.0296. The Kier molecular flexibility index (Phi) is 3.23. The molecule has 0 aromatic carbocycles. The molecule has 1 atom stereocenters. The van der Waals surface area contributed by atoms with Gasteiger partial charge in [-0.15, -0.1) is 0 Å². The normalized spacial score (nSPS) is 20.4. The zero-order valence-corrected chi connectivity index (χ0v) is 10.1. The molecule has 92 valence electrons. The van der Waals surface area contributed by atoms with E-state index in [0.717, 1.165) is 18.8 Å². The van der Waals surface area contributed by atoms with Gasteiger partial charge in [0.1, 0.15) is 11.5 Å². The Labute approximate surface area is 100 Å². The van der Waals surface area contributed by atoms with Crippen LogP contribution in [-0.2, 0) is 4.74 Å². The predicted octanol–water partition coefficient (Wildman–Crippen LogP) is 0.294. The van der Waals surface area contributed by atoms with Gasteiger partial charge in [-0.1, -0.05) is 0 Å². The van der Waals surface area contributed by atoms with Crippen LogP contribution < -0.4 is 10.6 Å². The number of hydrogen-bond acceptors (Lipinski definition) is 5. The molecule has 0 spiro atoms. The largest absolute Gasteiger partial charge is 0.382 e. The minimum absolute atomic E-state index is 0.0296. The number of aromatic nitrogens is 2. The lowest BCUT2D eigenvalue weighted by Crippen LogP contribution is -2.42. The van der Waals surface area contributed by atoms with Crippen molar-refractivity contribution < 1.29 is 4.74 Å². The van der Waals surface area contributed by atoms with Crippen molar-refractivity contribution in [2.24, 2.45) is 5.73 Å². The summed E-state index contributed by atoms with van der Waals surface area (Å²) in [6.45, 7) is 6.11. The van der Waals surface area contributed by atoms with Crippen molar-refractivity contribution in [3.63, 3.8) is 0 Å². The van der Waals surface area contributed by atoms with Gasteiger partial charge in [0.25, 0.3) is 0 Å². The third-order valence-corrected chi connectivity index (χ3v) is 2.64. The van der Waals surface area contributed by atoms with Gasteiger partial charge < -0.3 is 15.4 Å². The first-order valence-corrected chi connectivity index (χ1v) is 5.63. The van der Waals surface area contributed by atoms with Crippen LogP contribution in [0, 0.1) is 12.3 Å². The summed E-state index contributed by atoms with van der Waals surface area (Å²) in [6, 6.07) is 1.72. The number of nitrogens with one attached hydrogen (secondary N) is 1. The highest BCUT2D eigenvalue weighted by molar-refractivity contribution is 5.93. The molecule has 6 nitrogen and oxygen atoms in total. The molecule has 0 radical (unpaired) electrons. The maximum Gasteiger partial charge on any atom is 0.226 e.